The van der Waals surface area contributed by atoms with E-state index in [0.29, 0.717) is 19.6 Å². The molecule has 0 rings (SSSR count). The molecule has 0 radical (unpaired) electrons. The van der Waals surface area contributed by atoms with Gasteiger partial charge in [-0.3, -0.25) is 4.79 Å². The molecule has 0 aliphatic carbocycles. The molecule has 1 N–H and O–H groups in total. The summed E-state index contributed by atoms with van der Waals surface area (Å²) in [7, 11) is 0. The van der Waals surface area contributed by atoms with Crippen molar-refractivity contribution >= 4 is 5.97 Å². The molecular weight excluding hydrogens is 580 g/mol. The van der Waals surface area contributed by atoms with Gasteiger partial charge in [0.25, 0.3) is 0 Å². The minimum atomic E-state index is -0.536. The first-order chi connectivity index (χ1) is 23.2. The number of carbonyl (C=O) groups is 1. The minimum Gasteiger partial charge on any atom is -0.457 e. The fraction of sp³-hybridized carbons (Fsp3) is 0.744. The lowest BCUT2D eigenvalue weighted by Crippen LogP contribution is -2.27. The summed E-state index contributed by atoms with van der Waals surface area (Å²) in [5.74, 6) is -0.209. The number of aliphatic hydroxyl groups is 1. The molecule has 0 aromatic heterocycles. The largest absolute Gasteiger partial charge is 0.457 e. The highest BCUT2D eigenvalue weighted by Crippen LogP contribution is 2.13. The Kier molecular flexibility index (Phi) is 38.6. The van der Waals surface area contributed by atoms with Crippen molar-refractivity contribution in [3.63, 3.8) is 0 Å². The maximum Gasteiger partial charge on any atom is 0.306 e. The molecule has 0 spiro atoms. The Morgan fingerprint density at radius 3 is 1.45 bits per heavy atom. The van der Waals surface area contributed by atoms with Gasteiger partial charge in [0.2, 0.25) is 0 Å². The van der Waals surface area contributed by atoms with Crippen LogP contribution >= 0.6 is 0 Å². The van der Waals surface area contributed by atoms with Gasteiger partial charge < -0.3 is 14.6 Å². The normalized spacial score (nSPS) is 13.0. The third kappa shape index (κ3) is 38.4. The van der Waals surface area contributed by atoms with Crippen LogP contribution in [0.5, 0.6) is 0 Å². The first kappa shape index (κ1) is 45.1. The summed E-state index contributed by atoms with van der Waals surface area (Å²) in [6.45, 7) is 5.22. The van der Waals surface area contributed by atoms with E-state index in [9.17, 15) is 9.90 Å². The molecule has 1 unspecified atom stereocenters. The first-order valence-electron chi connectivity index (χ1n) is 19.9. The molecule has 0 aliphatic heterocycles. The number of carbonyl (C=O) groups excluding carboxylic acids is 1. The molecule has 4 nitrogen and oxygen atoms in total. The molecule has 272 valence electrons. The van der Waals surface area contributed by atoms with E-state index >= 15 is 0 Å². The van der Waals surface area contributed by atoms with Crippen molar-refractivity contribution in [2.24, 2.45) is 0 Å². The summed E-state index contributed by atoms with van der Waals surface area (Å²) in [5, 5.41) is 9.55. The summed E-state index contributed by atoms with van der Waals surface area (Å²) < 4.78 is 11.1. The van der Waals surface area contributed by atoms with E-state index in [1.54, 1.807) is 0 Å². The zero-order valence-corrected chi connectivity index (χ0v) is 31.0. The number of hydrogen-bond acceptors (Lipinski definition) is 4. The number of hydrogen-bond donors (Lipinski definition) is 1. The van der Waals surface area contributed by atoms with Gasteiger partial charge in [-0.1, -0.05) is 177 Å². The Labute approximate surface area is 292 Å². The van der Waals surface area contributed by atoms with Crippen LogP contribution in [0.2, 0.25) is 0 Å². The molecule has 0 saturated heterocycles. The lowest BCUT2D eigenvalue weighted by atomic mass is 10.1. The Bertz CT molecular complexity index is 779. The third-order valence-corrected chi connectivity index (χ3v) is 8.36. The Morgan fingerprint density at radius 2 is 0.957 bits per heavy atom. The third-order valence-electron chi connectivity index (χ3n) is 8.36. The van der Waals surface area contributed by atoms with Gasteiger partial charge in [-0.05, 0) is 57.8 Å². The van der Waals surface area contributed by atoms with E-state index in [1.165, 1.54) is 109 Å². The lowest BCUT2D eigenvalue weighted by Gasteiger charge is -2.16. The summed E-state index contributed by atoms with van der Waals surface area (Å²) in [6.07, 6.45) is 52.7. The number of esters is 1. The second-order valence-electron chi connectivity index (χ2n) is 13.0. The minimum absolute atomic E-state index is 0.175. The van der Waals surface area contributed by atoms with E-state index in [4.69, 9.17) is 9.47 Å². The zero-order valence-electron chi connectivity index (χ0n) is 31.0. The number of unbranched alkanes of at least 4 members (excludes halogenated alkanes) is 18. The number of ether oxygens (including phenoxy) is 2. The summed E-state index contributed by atoms with van der Waals surface area (Å²) >= 11 is 0. The smallest absolute Gasteiger partial charge is 0.306 e. The van der Waals surface area contributed by atoms with Gasteiger partial charge in [0, 0.05) is 13.0 Å². The number of allylic oxidation sites excluding steroid dienone is 10. The van der Waals surface area contributed by atoms with E-state index in [2.05, 4.69) is 74.6 Å². The zero-order chi connectivity index (χ0) is 34.1. The molecule has 1 atom stereocenters. The van der Waals surface area contributed by atoms with Crippen molar-refractivity contribution in [1.82, 2.24) is 0 Å². The van der Waals surface area contributed by atoms with Crippen molar-refractivity contribution in [1.29, 1.82) is 0 Å². The fourth-order valence-electron chi connectivity index (χ4n) is 5.41. The summed E-state index contributed by atoms with van der Waals surface area (Å²) in [4.78, 5) is 12.2. The van der Waals surface area contributed by atoms with E-state index in [1.807, 2.05) is 0 Å². The van der Waals surface area contributed by atoms with Crippen molar-refractivity contribution in [2.75, 3.05) is 19.8 Å². The highest BCUT2D eigenvalue weighted by atomic mass is 16.6. The molecule has 4 heteroatoms. The second-order valence-corrected chi connectivity index (χ2v) is 13.0. The predicted octanol–water partition coefficient (Wildman–Crippen LogP) is 12.9. The molecule has 0 heterocycles. The van der Waals surface area contributed by atoms with Crippen LogP contribution in [0.3, 0.4) is 0 Å². The van der Waals surface area contributed by atoms with Crippen LogP contribution in [0, 0.1) is 0 Å². The molecular formula is C43H76O4. The summed E-state index contributed by atoms with van der Waals surface area (Å²) in [5.41, 5.74) is 0. The maximum absolute atomic E-state index is 12.2. The van der Waals surface area contributed by atoms with Gasteiger partial charge in [-0.2, -0.15) is 0 Å². The highest BCUT2D eigenvalue weighted by Gasteiger charge is 2.13. The average Bonchev–Trinajstić information content (AvgIpc) is 3.08. The fourth-order valence-corrected chi connectivity index (χ4v) is 5.41. The van der Waals surface area contributed by atoms with Gasteiger partial charge in [0.15, 0.2) is 0 Å². The van der Waals surface area contributed by atoms with E-state index in [0.717, 1.165) is 51.4 Å². The number of aliphatic hydroxyl groups excluding tert-OH is 1. The molecule has 47 heavy (non-hydrogen) atoms. The second kappa shape index (κ2) is 40.3. The van der Waals surface area contributed by atoms with Crippen LogP contribution in [0.15, 0.2) is 60.8 Å². The van der Waals surface area contributed by atoms with Crippen molar-refractivity contribution < 1.29 is 19.4 Å². The topological polar surface area (TPSA) is 55.8 Å². The Morgan fingerprint density at radius 1 is 0.532 bits per heavy atom. The van der Waals surface area contributed by atoms with E-state index in [-0.39, 0.29) is 12.6 Å². The predicted molar refractivity (Wildman–Crippen MR) is 205 cm³/mol. The highest BCUT2D eigenvalue weighted by molar-refractivity contribution is 5.69. The van der Waals surface area contributed by atoms with Crippen LogP contribution in [-0.2, 0) is 14.3 Å². The molecule has 0 aromatic carbocycles. The van der Waals surface area contributed by atoms with Gasteiger partial charge in [0.1, 0.15) is 6.10 Å². The molecule has 0 aromatic rings. The molecule has 0 aliphatic rings. The standard InChI is InChI=1S/C43H76O4/c1-3-5-7-9-11-13-15-16-17-18-19-20-21-22-23-24-25-26-27-28-29-30-32-34-36-38-43(45)47-42(40-44)41-46-39-37-35-33-31-14-12-10-8-6-4-2/h5,7,11,13,16-17,19-20,22-23,42,44H,3-4,6,8-10,12,14-15,18,21,24-41H2,1-2H3/b7-5-,13-11-,17-16-,20-19-,23-22-. The van der Waals surface area contributed by atoms with E-state index < -0.39 is 6.10 Å². The molecule has 0 saturated carbocycles. The van der Waals surface area contributed by atoms with Gasteiger partial charge in [-0.25, -0.2) is 0 Å². The van der Waals surface area contributed by atoms with Crippen molar-refractivity contribution in [2.45, 2.75) is 187 Å². The van der Waals surface area contributed by atoms with Gasteiger partial charge in [0.05, 0.1) is 13.2 Å². The maximum atomic E-state index is 12.2. The van der Waals surface area contributed by atoms with Crippen molar-refractivity contribution in [3.8, 4) is 0 Å². The van der Waals surface area contributed by atoms with Gasteiger partial charge in [-0.15, -0.1) is 0 Å². The molecule has 0 fully saturated rings. The van der Waals surface area contributed by atoms with Crippen molar-refractivity contribution in [3.05, 3.63) is 60.8 Å². The summed E-state index contributed by atoms with van der Waals surface area (Å²) in [6, 6.07) is 0. The number of rotatable bonds is 36. The Balaban J connectivity index is 3.47. The van der Waals surface area contributed by atoms with Crippen LogP contribution < -0.4 is 0 Å². The molecule has 0 bridgehead atoms. The quantitative estimate of drug-likeness (QED) is 0.0414. The van der Waals surface area contributed by atoms with Crippen LogP contribution in [0.25, 0.3) is 0 Å². The average molecular weight is 657 g/mol. The first-order valence-corrected chi connectivity index (χ1v) is 19.9. The SMILES string of the molecule is CC/C=C\C/C=C\C/C=C\C/C=C\C/C=C\CCCCCCCCCCCC(=O)OC(CO)COCCCCCCCCCCCC. The Hall–Kier alpha value is -1.91. The van der Waals surface area contributed by atoms with Crippen LogP contribution in [0.4, 0.5) is 0 Å². The van der Waals surface area contributed by atoms with Gasteiger partial charge >= 0.3 is 5.97 Å². The van der Waals surface area contributed by atoms with Crippen LogP contribution in [0.1, 0.15) is 181 Å². The monoisotopic (exact) mass is 657 g/mol. The van der Waals surface area contributed by atoms with Crippen LogP contribution in [-0.4, -0.2) is 37.0 Å². The lowest BCUT2D eigenvalue weighted by molar-refractivity contribution is -0.154. The molecule has 0 amide bonds.